The number of carbonyl (C=O) groups is 1. The van der Waals surface area contributed by atoms with Crippen molar-refractivity contribution < 1.29 is 23.6 Å². The number of thiazole rings is 1. The third-order valence-corrected chi connectivity index (χ3v) is 7.93. The molecule has 0 N–H and O–H groups in total. The first-order chi connectivity index (χ1) is 20.2. The van der Waals surface area contributed by atoms with Gasteiger partial charge in [0.25, 0.3) is 11.2 Å². The van der Waals surface area contributed by atoms with Crippen LogP contribution in [-0.4, -0.2) is 35.8 Å². The minimum atomic E-state index is -0.730. The van der Waals surface area contributed by atoms with E-state index >= 15 is 0 Å². The van der Waals surface area contributed by atoms with Gasteiger partial charge in [-0.05, 0) is 48.2 Å². The highest BCUT2D eigenvalue weighted by Crippen LogP contribution is 2.32. The zero-order chi connectivity index (χ0) is 30.0. The molecule has 3 heterocycles. The van der Waals surface area contributed by atoms with Crippen LogP contribution in [0.4, 0.5) is 5.69 Å². The van der Waals surface area contributed by atoms with Crippen LogP contribution in [0.1, 0.15) is 49.6 Å². The largest absolute Gasteiger partial charge is 0.460 e. The second-order valence-electron chi connectivity index (χ2n) is 10.0. The van der Waals surface area contributed by atoms with Crippen LogP contribution < -0.4 is 14.9 Å². The molecule has 1 unspecified atom stereocenters. The summed E-state index contributed by atoms with van der Waals surface area (Å²) >= 11 is 1.20. The molecule has 0 saturated heterocycles. The number of rotatable bonds is 9. The first kappa shape index (κ1) is 28.9. The number of nitro groups is 1. The summed E-state index contributed by atoms with van der Waals surface area (Å²) in [6.07, 6.45) is 1.63. The Morgan fingerprint density at radius 1 is 1.12 bits per heavy atom. The Bertz CT molecular complexity index is 1850. The molecule has 0 radical (unpaired) electrons. The first-order valence-corrected chi connectivity index (χ1v) is 14.1. The summed E-state index contributed by atoms with van der Waals surface area (Å²) in [4.78, 5) is 42.7. The van der Waals surface area contributed by atoms with E-state index in [2.05, 4.69) is 18.8 Å². The van der Waals surface area contributed by atoms with Gasteiger partial charge in [0, 0.05) is 30.9 Å². The standard InChI is InChI=1S/C31H29N3O7S/c1-18(2)20-5-7-22(8-6-20)28-27(30(36)40-16-15-39-4)19(3)32-31-33(28)29(35)26(42-31)17-24-13-14-25(41-24)21-9-11-23(12-10-21)34(37)38/h5-14,17-18,28H,15-16H2,1-4H3. The molecule has 1 aliphatic rings. The molecular formula is C31H29N3O7S. The van der Waals surface area contributed by atoms with E-state index in [0.717, 1.165) is 11.1 Å². The predicted octanol–water partition coefficient (Wildman–Crippen LogP) is 4.72. The van der Waals surface area contributed by atoms with Crippen LogP contribution in [0.25, 0.3) is 17.4 Å². The second-order valence-corrected chi connectivity index (χ2v) is 11.0. The lowest BCUT2D eigenvalue weighted by atomic mass is 9.93. The van der Waals surface area contributed by atoms with Gasteiger partial charge in [-0.25, -0.2) is 9.79 Å². The van der Waals surface area contributed by atoms with Crippen LogP contribution in [0.15, 0.2) is 86.1 Å². The Morgan fingerprint density at radius 3 is 2.48 bits per heavy atom. The Balaban J connectivity index is 1.57. The number of furan rings is 1. The lowest BCUT2D eigenvalue weighted by molar-refractivity contribution is -0.384. The Labute approximate surface area is 245 Å². The van der Waals surface area contributed by atoms with Crippen molar-refractivity contribution in [3.05, 3.63) is 119 Å². The summed E-state index contributed by atoms with van der Waals surface area (Å²) in [6.45, 7) is 6.26. The number of methoxy groups -OCH3 is 1. The normalized spacial score (nSPS) is 15.1. The van der Waals surface area contributed by atoms with Gasteiger partial charge in [-0.3, -0.25) is 19.5 Å². The topological polar surface area (TPSA) is 126 Å². The van der Waals surface area contributed by atoms with E-state index in [0.29, 0.717) is 43.6 Å². The SMILES string of the molecule is COCCOC(=O)C1=C(C)N=c2sc(=Cc3ccc(-c4ccc([N+](=O)[O-])cc4)o3)c(=O)n2C1c1ccc(C(C)C)cc1. The molecule has 10 nitrogen and oxygen atoms in total. The Kier molecular flexibility index (Phi) is 8.32. The van der Waals surface area contributed by atoms with Gasteiger partial charge < -0.3 is 13.9 Å². The highest BCUT2D eigenvalue weighted by Gasteiger charge is 2.33. The Morgan fingerprint density at radius 2 is 1.83 bits per heavy atom. The van der Waals surface area contributed by atoms with Gasteiger partial charge in [0.1, 0.15) is 18.1 Å². The van der Waals surface area contributed by atoms with E-state index < -0.39 is 16.9 Å². The number of nitro benzene ring substituents is 1. The molecule has 0 bridgehead atoms. The molecule has 0 fully saturated rings. The third-order valence-electron chi connectivity index (χ3n) is 6.94. The van der Waals surface area contributed by atoms with Gasteiger partial charge >= 0.3 is 5.97 Å². The molecule has 0 spiro atoms. The highest BCUT2D eigenvalue weighted by atomic mass is 32.1. The molecule has 0 amide bonds. The van der Waals surface area contributed by atoms with Crippen LogP contribution in [0.3, 0.4) is 0 Å². The number of fused-ring (bicyclic) bond motifs is 1. The fraction of sp³-hybridized carbons (Fsp3) is 0.258. The van der Waals surface area contributed by atoms with Gasteiger partial charge in [-0.1, -0.05) is 49.4 Å². The quantitative estimate of drug-likeness (QED) is 0.120. The van der Waals surface area contributed by atoms with Gasteiger partial charge in [-0.15, -0.1) is 0 Å². The summed E-state index contributed by atoms with van der Waals surface area (Å²) < 4.78 is 18.4. The van der Waals surface area contributed by atoms with Gasteiger partial charge in [0.2, 0.25) is 0 Å². The number of non-ortho nitro benzene ring substituents is 1. The van der Waals surface area contributed by atoms with Crippen LogP contribution in [-0.2, 0) is 14.3 Å². The van der Waals surface area contributed by atoms with E-state index in [1.54, 1.807) is 37.3 Å². The maximum atomic E-state index is 13.9. The minimum absolute atomic E-state index is 0.0164. The number of esters is 1. The summed E-state index contributed by atoms with van der Waals surface area (Å²) in [7, 11) is 1.52. The average Bonchev–Trinajstić information content (AvgIpc) is 3.56. The summed E-state index contributed by atoms with van der Waals surface area (Å²) in [5.74, 6) is 0.700. The number of benzene rings is 2. The summed E-state index contributed by atoms with van der Waals surface area (Å²) in [5.41, 5.74) is 2.99. The predicted molar refractivity (Wildman–Crippen MR) is 158 cm³/mol. The second kappa shape index (κ2) is 12.1. The highest BCUT2D eigenvalue weighted by molar-refractivity contribution is 7.07. The number of aromatic nitrogens is 1. The van der Waals surface area contributed by atoms with E-state index in [1.807, 2.05) is 24.3 Å². The van der Waals surface area contributed by atoms with Crippen LogP contribution >= 0.6 is 11.3 Å². The number of hydrogen-bond acceptors (Lipinski definition) is 9. The zero-order valence-electron chi connectivity index (χ0n) is 23.5. The lowest BCUT2D eigenvalue weighted by Crippen LogP contribution is -2.40. The molecule has 11 heteroatoms. The number of nitrogens with zero attached hydrogens (tertiary/aromatic N) is 3. The molecule has 1 aliphatic heterocycles. The summed E-state index contributed by atoms with van der Waals surface area (Å²) in [5, 5.41) is 11.0. The molecule has 0 saturated carbocycles. The molecule has 216 valence electrons. The van der Waals surface area contributed by atoms with Crippen LogP contribution in [0.2, 0.25) is 0 Å². The van der Waals surface area contributed by atoms with E-state index in [-0.39, 0.29) is 24.5 Å². The maximum Gasteiger partial charge on any atom is 0.338 e. The van der Waals surface area contributed by atoms with Crippen molar-refractivity contribution in [2.75, 3.05) is 20.3 Å². The first-order valence-electron chi connectivity index (χ1n) is 13.3. The fourth-order valence-electron chi connectivity index (χ4n) is 4.72. The van der Waals surface area contributed by atoms with Crippen LogP contribution in [0, 0.1) is 10.1 Å². The fourth-order valence-corrected chi connectivity index (χ4v) is 5.75. The van der Waals surface area contributed by atoms with E-state index in [4.69, 9.17) is 13.9 Å². The van der Waals surface area contributed by atoms with Gasteiger partial charge in [-0.2, -0.15) is 0 Å². The molecule has 5 rings (SSSR count). The van der Waals surface area contributed by atoms with Crippen LogP contribution in [0.5, 0.6) is 0 Å². The molecule has 0 aliphatic carbocycles. The molecular weight excluding hydrogens is 558 g/mol. The third kappa shape index (κ3) is 5.74. The number of carbonyl (C=O) groups excluding carboxylic acids is 1. The van der Waals surface area contributed by atoms with Crippen molar-refractivity contribution in [1.82, 2.24) is 4.57 Å². The Hall–Kier alpha value is -4.61. The van der Waals surface area contributed by atoms with Gasteiger partial charge in [0.15, 0.2) is 4.80 Å². The van der Waals surface area contributed by atoms with Gasteiger partial charge in [0.05, 0.1) is 33.4 Å². The number of allylic oxidation sites excluding steroid dienone is 1. The minimum Gasteiger partial charge on any atom is -0.460 e. The van der Waals surface area contributed by atoms with Crippen molar-refractivity contribution in [3.63, 3.8) is 0 Å². The van der Waals surface area contributed by atoms with Crippen molar-refractivity contribution in [2.24, 2.45) is 4.99 Å². The molecule has 4 aromatic rings. The van der Waals surface area contributed by atoms with E-state index in [1.165, 1.54) is 35.1 Å². The lowest BCUT2D eigenvalue weighted by Gasteiger charge is -2.25. The smallest absolute Gasteiger partial charge is 0.338 e. The number of ether oxygens (including phenoxy) is 2. The van der Waals surface area contributed by atoms with Crippen molar-refractivity contribution in [3.8, 4) is 11.3 Å². The molecule has 2 aromatic heterocycles. The van der Waals surface area contributed by atoms with Crippen molar-refractivity contribution in [2.45, 2.75) is 32.7 Å². The zero-order valence-corrected chi connectivity index (χ0v) is 24.3. The molecule has 2 aromatic carbocycles. The van der Waals surface area contributed by atoms with Crippen molar-refractivity contribution in [1.29, 1.82) is 0 Å². The molecule has 1 atom stereocenters. The average molecular weight is 588 g/mol. The molecule has 42 heavy (non-hydrogen) atoms. The maximum absolute atomic E-state index is 13.9. The van der Waals surface area contributed by atoms with E-state index in [9.17, 15) is 19.7 Å². The monoisotopic (exact) mass is 587 g/mol. The summed E-state index contributed by atoms with van der Waals surface area (Å²) in [6, 6.07) is 16.6. The van der Waals surface area contributed by atoms with Crippen molar-refractivity contribution >= 4 is 29.1 Å². The number of hydrogen-bond donors (Lipinski definition) is 0.